The number of hydrogen-bond acceptors (Lipinski definition) is 5. The standard InChI is InChI=1S/C14H11N3O4/c18-11-6-17(7-12(19)16-11)13-9(14(20)21)5-8-3-1-2-4-10(8)15-13/h1-5H,6-7H2,(H,20,21)(H,16,18,19). The van der Waals surface area contributed by atoms with Crippen LogP contribution in [-0.2, 0) is 9.59 Å². The number of benzene rings is 1. The van der Waals surface area contributed by atoms with E-state index in [1.165, 1.54) is 11.0 Å². The molecule has 2 aromatic rings. The van der Waals surface area contributed by atoms with Crippen molar-refractivity contribution in [1.82, 2.24) is 10.3 Å². The molecule has 7 heteroatoms. The lowest BCUT2D eigenvalue weighted by Crippen LogP contribution is -2.52. The third kappa shape index (κ3) is 2.40. The number of fused-ring (bicyclic) bond motifs is 1. The Morgan fingerprint density at radius 3 is 2.52 bits per heavy atom. The number of aromatic carboxylic acids is 1. The number of nitrogens with zero attached hydrogens (tertiary/aromatic N) is 2. The lowest BCUT2D eigenvalue weighted by atomic mass is 10.1. The highest BCUT2D eigenvalue weighted by Gasteiger charge is 2.27. The number of imide groups is 1. The molecule has 1 saturated heterocycles. The number of carbonyl (C=O) groups is 3. The number of carboxylic acid groups (broad SMARTS) is 1. The van der Waals surface area contributed by atoms with Crippen molar-refractivity contribution in [3.05, 3.63) is 35.9 Å². The van der Waals surface area contributed by atoms with Crippen LogP contribution in [-0.4, -0.2) is 41.0 Å². The Morgan fingerprint density at radius 2 is 1.86 bits per heavy atom. The van der Waals surface area contributed by atoms with Gasteiger partial charge in [-0.1, -0.05) is 18.2 Å². The van der Waals surface area contributed by atoms with E-state index in [2.05, 4.69) is 10.3 Å². The van der Waals surface area contributed by atoms with Crippen LogP contribution in [0.2, 0.25) is 0 Å². The van der Waals surface area contributed by atoms with Crippen molar-refractivity contribution in [2.24, 2.45) is 0 Å². The maximum Gasteiger partial charge on any atom is 0.339 e. The van der Waals surface area contributed by atoms with E-state index in [0.29, 0.717) is 10.9 Å². The highest BCUT2D eigenvalue weighted by Crippen LogP contribution is 2.24. The summed E-state index contributed by atoms with van der Waals surface area (Å²) in [6.45, 7) is -0.200. The Balaban J connectivity index is 2.15. The first kappa shape index (κ1) is 13.0. The fraction of sp³-hybridized carbons (Fsp3) is 0.143. The second-order valence-electron chi connectivity index (χ2n) is 4.68. The van der Waals surface area contributed by atoms with Crippen LogP contribution >= 0.6 is 0 Å². The molecule has 3 rings (SSSR count). The van der Waals surface area contributed by atoms with Gasteiger partial charge in [0.2, 0.25) is 11.8 Å². The third-order valence-corrected chi connectivity index (χ3v) is 3.18. The average Bonchev–Trinajstić information content (AvgIpc) is 2.44. The van der Waals surface area contributed by atoms with Gasteiger partial charge in [0.1, 0.15) is 11.4 Å². The summed E-state index contributed by atoms with van der Waals surface area (Å²) in [7, 11) is 0. The Kier molecular flexibility index (Phi) is 3.02. The smallest absolute Gasteiger partial charge is 0.339 e. The van der Waals surface area contributed by atoms with Crippen molar-refractivity contribution in [1.29, 1.82) is 0 Å². The Morgan fingerprint density at radius 1 is 1.19 bits per heavy atom. The molecule has 0 spiro atoms. The van der Waals surface area contributed by atoms with Crippen LogP contribution in [0, 0.1) is 0 Å². The van der Waals surface area contributed by atoms with E-state index in [1.807, 2.05) is 0 Å². The van der Waals surface area contributed by atoms with Crippen LogP contribution < -0.4 is 10.2 Å². The highest BCUT2D eigenvalue weighted by atomic mass is 16.4. The minimum atomic E-state index is -1.15. The van der Waals surface area contributed by atoms with Crippen molar-refractivity contribution in [2.45, 2.75) is 0 Å². The van der Waals surface area contributed by atoms with Crippen LogP contribution in [0.4, 0.5) is 5.82 Å². The fourth-order valence-electron chi connectivity index (χ4n) is 2.29. The van der Waals surface area contributed by atoms with Crippen LogP contribution in [0.3, 0.4) is 0 Å². The van der Waals surface area contributed by atoms with E-state index in [-0.39, 0.29) is 24.5 Å². The minimum Gasteiger partial charge on any atom is -0.478 e. The molecule has 0 radical (unpaired) electrons. The topological polar surface area (TPSA) is 99.6 Å². The molecule has 2 heterocycles. The Bertz CT molecular complexity index is 756. The molecule has 0 aliphatic carbocycles. The predicted octanol–water partition coefficient (Wildman–Crippen LogP) is 0.396. The van der Waals surface area contributed by atoms with E-state index >= 15 is 0 Å². The van der Waals surface area contributed by atoms with E-state index in [0.717, 1.165) is 0 Å². The molecular formula is C14H11N3O4. The summed E-state index contributed by atoms with van der Waals surface area (Å²) in [6.07, 6.45) is 0. The van der Waals surface area contributed by atoms with Gasteiger partial charge in [-0.2, -0.15) is 0 Å². The number of rotatable bonds is 2. The first-order valence-corrected chi connectivity index (χ1v) is 6.25. The van der Waals surface area contributed by atoms with Gasteiger partial charge < -0.3 is 10.0 Å². The van der Waals surface area contributed by atoms with Crippen LogP contribution in [0.1, 0.15) is 10.4 Å². The van der Waals surface area contributed by atoms with Gasteiger partial charge in [-0.25, -0.2) is 9.78 Å². The summed E-state index contributed by atoms with van der Waals surface area (Å²) >= 11 is 0. The number of amides is 2. The zero-order chi connectivity index (χ0) is 15.0. The SMILES string of the molecule is O=C1CN(c2nc3ccccc3cc2C(=O)O)CC(=O)N1. The molecule has 1 fully saturated rings. The van der Waals surface area contributed by atoms with E-state index in [9.17, 15) is 19.5 Å². The van der Waals surface area contributed by atoms with Crippen LogP contribution in [0.25, 0.3) is 10.9 Å². The minimum absolute atomic E-state index is 0.0313. The quantitative estimate of drug-likeness (QED) is 0.775. The molecular weight excluding hydrogens is 274 g/mol. The molecule has 0 bridgehead atoms. The summed E-state index contributed by atoms with van der Waals surface area (Å²) < 4.78 is 0. The normalized spacial score (nSPS) is 15.1. The molecule has 1 aliphatic heterocycles. The van der Waals surface area contributed by atoms with Gasteiger partial charge in [0, 0.05) is 5.39 Å². The number of carbonyl (C=O) groups excluding carboxylic acids is 2. The number of aromatic nitrogens is 1. The first-order valence-electron chi connectivity index (χ1n) is 6.25. The molecule has 1 aromatic carbocycles. The summed E-state index contributed by atoms with van der Waals surface area (Å²) in [5.74, 6) is -1.97. The van der Waals surface area contributed by atoms with Gasteiger partial charge in [0.25, 0.3) is 0 Å². The number of hydrogen-bond donors (Lipinski definition) is 2. The molecule has 2 amide bonds. The molecule has 1 aliphatic rings. The molecule has 106 valence electrons. The van der Waals surface area contributed by atoms with E-state index in [1.54, 1.807) is 24.3 Å². The van der Waals surface area contributed by atoms with Gasteiger partial charge in [0.05, 0.1) is 18.6 Å². The summed E-state index contributed by atoms with van der Waals surface area (Å²) in [4.78, 5) is 40.0. The second-order valence-corrected chi connectivity index (χ2v) is 4.68. The third-order valence-electron chi connectivity index (χ3n) is 3.18. The van der Waals surface area contributed by atoms with Gasteiger partial charge in [-0.3, -0.25) is 14.9 Å². The summed E-state index contributed by atoms with van der Waals surface area (Å²) in [5, 5.41) is 12.2. The van der Waals surface area contributed by atoms with E-state index in [4.69, 9.17) is 0 Å². The maximum atomic E-state index is 11.5. The largest absolute Gasteiger partial charge is 0.478 e. The molecule has 7 nitrogen and oxygen atoms in total. The van der Waals surface area contributed by atoms with Crippen molar-refractivity contribution in [3.8, 4) is 0 Å². The number of para-hydroxylation sites is 1. The summed E-state index contributed by atoms with van der Waals surface area (Å²) in [5.41, 5.74) is 0.576. The molecule has 0 atom stereocenters. The van der Waals surface area contributed by atoms with Crippen LogP contribution in [0.5, 0.6) is 0 Å². The maximum absolute atomic E-state index is 11.5. The monoisotopic (exact) mass is 285 g/mol. The zero-order valence-electron chi connectivity index (χ0n) is 10.9. The Hall–Kier alpha value is -2.96. The van der Waals surface area contributed by atoms with Crippen LogP contribution in [0.15, 0.2) is 30.3 Å². The Labute approximate surface area is 119 Å². The molecule has 0 unspecified atom stereocenters. The van der Waals surface area contributed by atoms with Gasteiger partial charge >= 0.3 is 5.97 Å². The first-order chi connectivity index (χ1) is 10.0. The molecule has 2 N–H and O–H groups in total. The van der Waals surface area contributed by atoms with Crippen molar-refractivity contribution >= 4 is 34.5 Å². The van der Waals surface area contributed by atoms with Crippen molar-refractivity contribution in [2.75, 3.05) is 18.0 Å². The van der Waals surface area contributed by atoms with Crippen molar-refractivity contribution in [3.63, 3.8) is 0 Å². The van der Waals surface area contributed by atoms with Gasteiger partial charge in [-0.05, 0) is 12.1 Å². The molecule has 21 heavy (non-hydrogen) atoms. The lowest BCUT2D eigenvalue weighted by Gasteiger charge is -2.27. The highest BCUT2D eigenvalue weighted by molar-refractivity contribution is 6.05. The molecule has 0 saturated carbocycles. The number of carboxylic acids is 1. The fourth-order valence-corrected chi connectivity index (χ4v) is 2.29. The number of piperazine rings is 1. The average molecular weight is 285 g/mol. The number of nitrogens with one attached hydrogen (secondary N) is 1. The van der Waals surface area contributed by atoms with Gasteiger partial charge in [0.15, 0.2) is 0 Å². The lowest BCUT2D eigenvalue weighted by molar-refractivity contribution is -0.130. The second kappa shape index (κ2) is 4.86. The zero-order valence-corrected chi connectivity index (χ0v) is 10.9. The summed E-state index contributed by atoms with van der Waals surface area (Å²) in [6, 6.07) is 8.57. The van der Waals surface area contributed by atoms with E-state index < -0.39 is 17.8 Å². The number of anilines is 1. The molecule has 1 aromatic heterocycles. The number of pyridine rings is 1. The van der Waals surface area contributed by atoms with Gasteiger partial charge in [-0.15, -0.1) is 0 Å². The predicted molar refractivity (Wildman–Crippen MR) is 74.1 cm³/mol. The van der Waals surface area contributed by atoms with Crippen molar-refractivity contribution < 1.29 is 19.5 Å².